The molecule has 4 aromatic rings. The largest absolute Gasteiger partial charge is 0.408 e. The number of aromatic nitrogens is 7. The summed E-state index contributed by atoms with van der Waals surface area (Å²) in [7, 11) is 0. The van der Waals surface area contributed by atoms with E-state index < -0.39 is 30.2 Å². The number of carbonyl (C=O) groups excluding carboxylic acids is 1. The second-order valence-corrected chi connectivity index (χ2v) is 11.5. The van der Waals surface area contributed by atoms with E-state index in [0.29, 0.717) is 17.3 Å². The van der Waals surface area contributed by atoms with Crippen molar-refractivity contribution in [1.29, 1.82) is 0 Å². The molecule has 228 valence electrons. The van der Waals surface area contributed by atoms with E-state index in [0.717, 1.165) is 47.7 Å². The summed E-state index contributed by atoms with van der Waals surface area (Å²) in [5.41, 5.74) is 2.02. The molecule has 10 nitrogen and oxygen atoms in total. The fourth-order valence-corrected chi connectivity index (χ4v) is 5.71. The van der Waals surface area contributed by atoms with Gasteiger partial charge < -0.3 is 14.8 Å². The van der Waals surface area contributed by atoms with Gasteiger partial charge in [-0.25, -0.2) is 15.0 Å². The SMILES string of the molecule is CC(n1cnnc1-c1nc(NC(=O)c2cc(-n3cnc(C4CC4)c3)c(N3CCC(C(F)(F)F)CC3)cn2)cs1)C(F)(F)F. The number of imidazole rings is 1. The van der Waals surface area contributed by atoms with E-state index in [1.54, 1.807) is 10.9 Å². The van der Waals surface area contributed by atoms with Gasteiger partial charge in [0.05, 0.1) is 35.5 Å². The third-order valence-corrected chi connectivity index (χ3v) is 8.51. The Kier molecular flexibility index (Phi) is 7.38. The number of rotatable bonds is 7. The molecule has 4 aromatic heterocycles. The van der Waals surface area contributed by atoms with Crippen molar-refractivity contribution in [3.63, 3.8) is 0 Å². The molecule has 0 radical (unpaired) electrons. The quantitative estimate of drug-likeness (QED) is 0.251. The van der Waals surface area contributed by atoms with Crippen molar-refractivity contribution in [2.75, 3.05) is 23.3 Å². The van der Waals surface area contributed by atoms with E-state index in [9.17, 15) is 31.1 Å². The fraction of sp³-hybridized carbons (Fsp3) is 0.462. The Labute approximate surface area is 244 Å². The van der Waals surface area contributed by atoms with Crippen LogP contribution in [-0.2, 0) is 0 Å². The summed E-state index contributed by atoms with van der Waals surface area (Å²) in [6, 6.07) is -0.350. The van der Waals surface area contributed by atoms with Gasteiger partial charge in [-0.15, -0.1) is 21.5 Å². The molecule has 0 spiro atoms. The number of pyridine rings is 1. The third-order valence-electron chi connectivity index (χ3n) is 7.67. The molecule has 2 aliphatic rings. The Morgan fingerprint density at radius 2 is 1.79 bits per heavy atom. The second-order valence-electron chi connectivity index (χ2n) is 10.6. The van der Waals surface area contributed by atoms with Crippen LogP contribution in [0.25, 0.3) is 16.5 Å². The first kappa shape index (κ1) is 29.1. The van der Waals surface area contributed by atoms with Crippen molar-refractivity contribution in [3.8, 4) is 16.5 Å². The van der Waals surface area contributed by atoms with Crippen molar-refractivity contribution < 1.29 is 31.1 Å². The molecule has 17 heteroatoms. The Morgan fingerprint density at radius 1 is 1.05 bits per heavy atom. The monoisotopic (exact) mass is 625 g/mol. The van der Waals surface area contributed by atoms with Crippen LogP contribution in [0, 0.1) is 5.92 Å². The van der Waals surface area contributed by atoms with E-state index in [4.69, 9.17) is 0 Å². The summed E-state index contributed by atoms with van der Waals surface area (Å²) in [5, 5.41) is 11.5. The number of nitrogens with zero attached hydrogens (tertiary/aromatic N) is 8. The van der Waals surface area contributed by atoms with Crippen molar-refractivity contribution in [3.05, 3.63) is 47.9 Å². The van der Waals surface area contributed by atoms with E-state index in [1.165, 1.54) is 17.6 Å². The molecule has 1 saturated carbocycles. The number of hydrogen-bond acceptors (Lipinski definition) is 8. The van der Waals surface area contributed by atoms with Gasteiger partial charge in [0.1, 0.15) is 23.9 Å². The van der Waals surface area contributed by atoms with Crippen LogP contribution in [0.5, 0.6) is 0 Å². The first-order chi connectivity index (χ1) is 20.4. The van der Waals surface area contributed by atoms with Crippen molar-refractivity contribution in [2.45, 2.75) is 56.9 Å². The van der Waals surface area contributed by atoms with Crippen LogP contribution in [-0.4, -0.2) is 65.6 Å². The molecule has 43 heavy (non-hydrogen) atoms. The minimum atomic E-state index is -4.52. The van der Waals surface area contributed by atoms with Crippen LogP contribution in [0.15, 0.2) is 36.5 Å². The smallest absolute Gasteiger partial charge is 0.369 e. The number of amides is 1. The van der Waals surface area contributed by atoms with Gasteiger partial charge in [0, 0.05) is 30.6 Å². The molecule has 0 bridgehead atoms. The Bertz CT molecular complexity index is 1620. The zero-order valence-corrected chi connectivity index (χ0v) is 23.4. The van der Waals surface area contributed by atoms with E-state index in [-0.39, 0.29) is 48.3 Å². The Balaban J connectivity index is 1.24. The molecule has 1 saturated heterocycles. The number of nitrogens with one attached hydrogen (secondary N) is 1. The van der Waals surface area contributed by atoms with Crippen molar-refractivity contribution in [2.24, 2.45) is 5.92 Å². The molecular weight excluding hydrogens is 600 g/mol. The standard InChI is InChI=1S/C26H25F6N9OS/c1-14(25(27,28)29)41-13-35-38-22(41)24-37-21(11-43-24)36-23(42)17-8-19(40-10-18(34-12-40)15-2-3-15)20(9-33-17)39-6-4-16(5-7-39)26(30,31)32/h8-16H,2-7H2,1H3,(H,36,42). The summed E-state index contributed by atoms with van der Waals surface area (Å²) in [6.07, 6.45) is -0.927. The van der Waals surface area contributed by atoms with Crippen LogP contribution < -0.4 is 10.2 Å². The number of halogens is 6. The van der Waals surface area contributed by atoms with Gasteiger partial charge in [0.25, 0.3) is 5.91 Å². The van der Waals surface area contributed by atoms with Gasteiger partial charge in [0.2, 0.25) is 0 Å². The maximum absolute atomic E-state index is 13.3. The van der Waals surface area contributed by atoms with Gasteiger partial charge in [-0.3, -0.25) is 9.36 Å². The summed E-state index contributed by atoms with van der Waals surface area (Å²) in [5.74, 6) is -1.65. The topological polar surface area (TPSA) is 107 Å². The summed E-state index contributed by atoms with van der Waals surface area (Å²) >= 11 is 0.985. The van der Waals surface area contributed by atoms with Crippen LogP contribution in [0.3, 0.4) is 0 Å². The molecule has 0 aromatic carbocycles. The molecule has 1 amide bonds. The first-order valence-electron chi connectivity index (χ1n) is 13.5. The highest BCUT2D eigenvalue weighted by molar-refractivity contribution is 7.13. The predicted octanol–water partition coefficient (Wildman–Crippen LogP) is 6.01. The minimum absolute atomic E-state index is 0.00834. The number of alkyl halides is 6. The zero-order chi connectivity index (χ0) is 30.5. The zero-order valence-electron chi connectivity index (χ0n) is 22.6. The number of thiazole rings is 1. The van der Waals surface area contributed by atoms with Gasteiger partial charge >= 0.3 is 12.4 Å². The fourth-order valence-electron chi connectivity index (χ4n) is 4.97. The second kappa shape index (κ2) is 10.9. The van der Waals surface area contributed by atoms with Crippen LogP contribution in [0.2, 0.25) is 0 Å². The number of piperidine rings is 1. The average molecular weight is 626 g/mol. The number of hydrogen-bond donors (Lipinski definition) is 1. The van der Waals surface area contributed by atoms with Crippen molar-refractivity contribution >= 4 is 28.7 Å². The molecular formula is C26H25F6N9OS. The van der Waals surface area contributed by atoms with Crippen LogP contribution in [0.1, 0.15) is 60.7 Å². The number of anilines is 2. The van der Waals surface area contributed by atoms with Crippen molar-refractivity contribution in [1.82, 2.24) is 34.3 Å². The number of carbonyl (C=O) groups is 1. The molecule has 1 atom stereocenters. The molecule has 1 aliphatic carbocycles. The highest BCUT2D eigenvalue weighted by Crippen LogP contribution is 2.40. The third kappa shape index (κ3) is 6.07. The Hall–Kier alpha value is -4.02. The van der Waals surface area contributed by atoms with E-state index >= 15 is 0 Å². The minimum Gasteiger partial charge on any atom is -0.369 e. The lowest BCUT2D eigenvalue weighted by Gasteiger charge is -2.35. The maximum atomic E-state index is 13.3. The highest BCUT2D eigenvalue weighted by Gasteiger charge is 2.42. The molecule has 1 aliphatic heterocycles. The highest BCUT2D eigenvalue weighted by atomic mass is 32.1. The first-order valence-corrected chi connectivity index (χ1v) is 14.4. The molecule has 6 rings (SSSR count). The van der Waals surface area contributed by atoms with Gasteiger partial charge in [-0.05, 0) is 38.7 Å². The lowest BCUT2D eigenvalue weighted by molar-refractivity contribution is -0.179. The lowest BCUT2D eigenvalue weighted by atomic mass is 9.96. The van der Waals surface area contributed by atoms with Crippen LogP contribution in [0.4, 0.5) is 37.8 Å². The average Bonchev–Trinajstić information content (AvgIpc) is 3.33. The van der Waals surface area contributed by atoms with E-state index in [1.807, 2.05) is 11.1 Å². The molecule has 2 fully saturated rings. The summed E-state index contributed by atoms with van der Waals surface area (Å²) < 4.78 is 82.2. The van der Waals surface area contributed by atoms with Gasteiger partial charge in [-0.1, -0.05) is 0 Å². The lowest BCUT2D eigenvalue weighted by Crippen LogP contribution is -2.39. The summed E-state index contributed by atoms with van der Waals surface area (Å²) in [4.78, 5) is 28.0. The summed E-state index contributed by atoms with van der Waals surface area (Å²) in [6.45, 7) is 1.32. The molecule has 1 unspecified atom stereocenters. The molecule has 1 N–H and O–H groups in total. The maximum Gasteiger partial charge on any atom is 0.408 e. The Morgan fingerprint density at radius 3 is 2.47 bits per heavy atom. The van der Waals surface area contributed by atoms with Gasteiger partial charge in [0.15, 0.2) is 10.8 Å². The van der Waals surface area contributed by atoms with Crippen LogP contribution >= 0.6 is 11.3 Å². The molecule has 5 heterocycles. The van der Waals surface area contributed by atoms with Gasteiger partial charge in [-0.2, -0.15) is 26.3 Å². The predicted molar refractivity (Wildman–Crippen MR) is 144 cm³/mol. The van der Waals surface area contributed by atoms with E-state index in [2.05, 4.69) is 30.5 Å². The normalized spacial score (nSPS) is 17.3.